The fourth-order valence-corrected chi connectivity index (χ4v) is 3.22. The van der Waals surface area contributed by atoms with Crippen molar-refractivity contribution in [3.8, 4) is 0 Å². The van der Waals surface area contributed by atoms with Crippen LogP contribution in [0, 0.1) is 0 Å². The van der Waals surface area contributed by atoms with E-state index in [0.29, 0.717) is 6.61 Å². The standard InChI is InChI=1S/C23H44O5/c1-2-3-4-5-6-7-8-9-10-11-12-13-14-15-16-17-19-27-22(25)21-23(26)28-20-18-24/h24H,2-21H2,1H3. The fraction of sp³-hybridized carbons (Fsp3) is 0.913. The summed E-state index contributed by atoms with van der Waals surface area (Å²) in [6, 6.07) is 0. The Balaban J connectivity index is 3.17. The summed E-state index contributed by atoms with van der Waals surface area (Å²) < 4.78 is 9.62. The highest BCUT2D eigenvalue weighted by Crippen LogP contribution is 2.13. The van der Waals surface area contributed by atoms with Crippen LogP contribution in [0.2, 0.25) is 0 Å². The van der Waals surface area contributed by atoms with E-state index in [2.05, 4.69) is 11.7 Å². The predicted molar refractivity (Wildman–Crippen MR) is 113 cm³/mol. The molecule has 0 spiro atoms. The maximum atomic E-state index is 11.4. The number of carbonyl (C=O) groups is 2. The first-order valence-corrected chi connectivity index (χ1v) is 11.6. The van der Waals surface area contributed by atoms with E-state index >= 15 is 0 Å². The van der Waals surface area contributed by atoms with Crippen LogP contribution < -0.4 is 0 Å². The second kappa shape index (κ2) is 22.2. The van der Waals surface area contributed by atoms with E-state index in [9.17, 15) is 9.59 Å². The van der Waals surface area contributed by atoms with Crippen molar-refractivity contribution >= 4 is 11.9 Å². The van der Waals surface area contributed by atoms with Crippen molar-refractivity contribution < 1.29 is 24.2 Å². The molecule has 0 bridgehead atoms. The van der Waals surface area contributed by atoms with Crippen LogP contribution in [0.4, 0.5) is 0 Å². The molecule has 0 saturated carbocycles. The van der Waals surface area contributed by atoms with Gasteiger partial charge in [-0.15, -0.1) is 0 Å². The smallest absolute Gasteiger partial charge is 0.317 e. The fourth-order valence-electron chi connectivity index (χ4n) is 3.22. The zero-order valence-electron chi connectivity index (χ0n) is 18.2. The lowest BCUT2D eigenvalue weighted by Gasteiger charge is -2.05. The molecule has 1 N–H and O–H groups in total. The lowest BCUT2D eigenvalue weighted by Crippen LogP contribution is -2.15. The molecule has 5 heteroatoms. The van der Waals surface area contributed by atoms with E-state index in [1.807, 2.05) is 0 Å². The molecule has 166 valence electrons. The molecule has 0 unspecified atom stereocenters. The quantitative estimate of drug-likeness (QED) is 0.152. The summed E-state index contributed by atoms with van der Waals surface area (Å²) in [6.07, 6.45) is 20.5. The molecule has 0 aliphatic heterocycles. The second-order valence-corrected chi connectivity index (χ2v) is 7.64. The third-order valence-corrected chi connectivity index (χ3v) is 4.90. The highest BCUT2D eigenvalue weighted by molar-refractivity contribution is 5.91. The largest absolute Gasteiger partial charge is 0.465 e. The van der Waals surface area contributed by atoms with E-state index in [1.54, 1.807) is 0 Å². The number of ether oxygens (including phenoxy) is 2. The van der Waals surface area contributed by atoms with Crippen LogP contribution in [-0.4, -0.2) is 36.9 Å². The molecule has 28 heavy (non-hydrogen) atoms. The molecule has 0 aromatic rings. The van der Waals surface area contributed by atoms with E-state index in [1.165, 1.54) is 89.9 Å². The minimum absolute atomic E-state index is 0.0781. The number of unbranched alkanes of at least 4 members (excludes halogenated alkanes) is 15. The molecule has 0 aliphatic rings. The van der Waals surface area contributed by atoms with Gasteiger partial charge in [-0.25, -0.2) is 0 Å². The van der Waals surface area contributed by atoms with Gasteiger partial charge in [0.05, 0.1) is 13.2 Å². The Labute approximate surface area is 172 Å². The Bertz CT molecular complexity index is 357. The number of hydrogen-bond donors (Lipinski definition) is 1. The zero-order chi connectivity index (χ0) is 20.7. The van der Waals surface area contributed by atoms with Gasteiger partial charge in [-0.05, 0) is 6.42 Å². The van der Waals surface area contributed by atoms with Gasteiger partial charge in [0, 0.05) is 0 Å². The molecule has 0 rings (SSSR count). The van der Waals surface area contributed by atoms with Gasteiger partial charge in [0.15, 0.2) is 0 Å². The van der Waals surface area contributed by atoms with Gasteiger partial charge >= 0.3 is 11.9 Å². The number of hydrogen-bond acceptors (Lipinski definition) is 5. The summed E-state index contributed by atoms with van der Waals surface area (Å²) in [7, 11) is 0. The Morgan fingerprint density at radius 1 is 0.571 bits per heavy atom. The van der Waals surface area contributed by atoms with Gasteiger partial charge in [-0.1, -0.05) is 103 Å². The molecular formula is C23H44O5. The molecule has 0 amide bonds. The molecular weight excluding hydrogens is 356 g/mol. The highest BCUT2D eigenvalue weighted by atomic mass is 16.6. The van der Waals surface area contributed by atoms with Crippen LogP contribution in [0.25, 0.3) is 0 Å². The van der Waals surface area contributed by atoms with E-state index in [-0.39, 0.29) is 19.6 Å². The first-order valence-electron chi connectivity index (χ1n) is 11.6. The lowest BCUT2D eigenvalue weighted by atomic mass is 10.0. The predicted octanol–water partition coefficient (Wildman–Crippen LogP) is 5.72. The van der Waals surface area contributed by atoms with Gasteiger partial charge < -0.3 is 14.6 Å². The van der Waals surface area contributed by atoms with Crippen molar-refractivity contribution in [3.05, 3.63) is 0 Å². The van der Waals surface area contributed by atoms with Crippen LogP contribution in [0.3, 0.4) is 0 Å². The Morgan fingerprint density at radius 2 is 0.929 bits per heavy atom. The first kappa shape index (κ1) is 26.9. The summed E-state index contributed by atoms with van der Waals surface area (Å²) in [5, 5.41) is 8.52. The third kappa shape index (κ3) is 21.2. The Morgan fingerprint density at radius 3 is 1.32 bits per heavy atom. The van der Waals surface area contributed by atoms with Crippen LogP contribution in [0.1, 0.15) is 116 Å². The average molecular weight is 401 g/mol. The molecule has 0 radical (unpaired) electrons. The van der Waals surface area contributed by atoms with Gasteiger partial charge in [0.2, 0.25) is 0 Å². The Hall–Kier alpha value is -1.10. The van der Waals surface area contributed by atoms with Crippen LogP contribution >= 0.6 is 0 Å². The first-order chi connectivity index (χ1) is 13.7. The van der Waals surface area contributed by atoms with Crippen molar-refractivity contribution in [2.24, 2.45) is 0 Å². The third-order valence-electron chi connectivity index (χ3n) is 4.90. The molecule has 0 saturated heterocycles. The summed E-state index contributed by atoms with van der Waals surface area (Å²) in [5.41, 5.74) is 0. The maximum Gasteiger partial charge on any atom is 0.317 e. The minimum Gasteiger partial charge on any atom is -0.465 e. The van der Waals surface area contributed by atoms with Crippen molar-refractivity contribution in [2.75, 3.05) is 19.8 Å². The summed E-state index contributed by atoms with van der Waals surface area (Å²) >= 11 is 0. The molecule has 0 atom stereocenters. The monoisotopic (exact) mass is 400 g/mol. The second-order valence-electron chi connectivity index (χ2n) is 7.64. The minimum atomic E-state index is -0.647. The van der Waals surface area contributed by atoms with Gasteiger partial charge in [0.1, 0.15) is 13.0 Å². The normalized spacial score (nSPS) is 10.8. The van der Waals surface area contributed by atoms with Gasteiger partial charge in [-0.2, -0.15) is 0 Å². The topological polar surface area (TPSA) is 72.8 Å². The van der Waals surface area contributed by atoms with Crippen molar-refractivity contribution in [1.82, 2.24) is 0 Å². The lowest BCUT2D eigenvalue weighted by molar-refractivity contribution is -0.155. The average Bonchev–Trinajstić information content (AvgIpc) is 2.68. The number of rotatable bonds is 21. The summed E-state index contributed by atoms with van der Waals surface area (Å²) in [6.45, 7) is 2.32. The summed E-state index contributed by atoms with van der Waals surface area (Å²) in [4.78, 5) is 22.6. The number of carbonyl (C=O) groups excluding carboxylic acids is 2. The highest BCUT2D eigenvalue weighted by Gasteiger charge is 2.11. The molecule has 0 aromatic carbocycles. The van der Waals surface area contributed by atoms with Crippen LogP contribution in [-0.2, 0) is 19.1 Å². The number of aliphatic hydroxyl groups is 1. The van der Waals surface area contributed by atoms with E-state index in [0.717, 1.165) is 12.8 Å². The SMILES string of the molecule is CCCCCCCCCCCCCCCCCCOC(=O)CC(=O)OCCO. The number of esters is 2. The van der Waals surface area contributed by atoms with Gasteiger partial charge in [-0.3, -0.25) is 9.59 Å². The zero-order valence-corrected chi connectivity index (χ0v) is 18.2. The van der Waals surface area contributed by atoms with E-state index in [4.69, 9.17) is 9.84 Å². The van der Waals surface area contributed by atoms with Crippen LogP contribution in [0.5, 0.6) is 0 Å². The molecule has 5 nitrogen and oxygen atoms in total. The van der Waals surface area contributed by atoms with Crippen molar-refractivity contribution in [1.29, 1.82) is 0 Å². The van der Waals surface area contributed by atoms with Gasteiger partial charge in [0.25, 0.3) is 0 Å². The molecule has 0 fully saturated rings. The maximum absolute atomic E-state index is 11.4. The molecule has 0 heterocycles. The van der Waals surface area contributed by atoms with Crippen molar-refractivity contribution in [3.63, 3.8) is 0 Å². The molecule has 0 aromatic heterocycles. The summed E-state index contributed by atoms with van der Waals surface area (Å²) in [5.74, 6) is -1.20. The van der Waals surface area contributed by atoms with Crippen molar-refractivity contribution in [2.45, 2.75) is 116 Å². The van der Waals surface area contributed by atoms with Crippen LogP contribution in [0.15, 0.2) is 0 Å². The number of aliphatic hydroxyl groups excluding tert-OH is 1. The van der Waals surface area contributed by atoms with E-state index < -0.39 is 11.9 Å². The Kier molecular flexibility index (Phi) is 21.3. The molecule has 0 aliphatic carbocycles.